The molecule has 202 valence electrons. The van der Waals surface area contributed by atoms with E-state index >= 15 is 0 Å². The van der Waals surface area contributed by atoms with Crippen LogP contribution in [0.3, 0.4) is 0 Å². The fourth-order valence-electron chi connectivity index (χ4n) is 3.14. The Labute approximate surface area is 239 Å². The second-order valence-electron chi connectivity index (χ2n) is 7.97. The number of amides is 2. The average Bonchev–Trinajstić information content (AvgIpc) is 2.79. The number of carbonyl (C=O) groups is 3. The molecule has 0 aliphatic rings. The molecule has 0 aliphatic carbocycles. The van der Waals surface area contributed by atoms with Gasteiger partial charge < -0.3 is 53.2 Å². The maximum Gasteiger partial charge on any atom is 0.303 e. The number of nitrogens with one attached hydrogen (secondary N) is 2. The molecule has 0 rings (SSSR count). The molecule has 34 heavy (non-hydrogen) atoms. The minimum atomic E-state index is -0.855. The van der Waals surface area contributed by atoms with Gasteiger partial charge in [0.15, 0.2) is 0 Å². The van der Waals surface area contributed by atoms with Crippen molar-refractivity contribution in [2.24, 2.45) is 0 Å². The molecule has 0 bridgehead atoms. The van der Waals surface area contributed by atoms with Gasteiger partial charge in [-0.3, -0.25) is 19.3 Å². The number of carboxylic acids is 1. The normalized spacial score (nSPS) is 11.0. The van der Waals surface area contributed by atoms with Crippen molar-refractivity contribution >= 4 is 17.8 Å². The third-order valence-electron chi connectivity index (χ3n) is 5.39. The molecule has 0 radical (unpaired) electrons. The first-order chi connectivity index (χ1) is 15.9. The molecule has 0 aromatic heterocycles. The summed E-state index contributed by atoms with van der Waals surface area (Å²) >= 11 is 0. The Hall–Kier alpha value is -0.385. The predicted octanol–water partition coefficient (Wildman–Crippen LogP) is 0.886. The van der Waals surface area contributed by atoms with Crippen molar-refractivity contribution in [3.63, 3.8) is 0 Å². The van der Waals surface area contributed by atoms with Gasteiger partial charge in [0, 0.05) is 92.1 Å². The molecule has 10 heteroatoms. The molecule has 0 aliphatic heterocycles. The molecule has 0 unspecified atom stereocenters. The predicted molar refractivity (Wildman–Crippen MR) is 132 cm³/mol. The molecule has 0 aromatic rings. The maximum absolute atomic E-state index is 12.4. The molecule has 9 nitrogen and oxygen atoms in total. The minimum absolute atomic E-state index is 0. The number of aliphatic carboxylic acids is 1. The van der Waals surface area contributed by atoms with Crippen molar-refractivity contribution in [3.05, 3.63) is 27.7 Å². The first-order valence-corrected chi connectivity index (χ1v) is 11.9. The molecule has 0 saturated heterocycles. The van der Waals surface area contributed by atoms with E-state index in [1.165, 1.54) is 0 Å². The van der Waals surface area contributed by atoms with Gasteiger partial charge in [-0.2, -0.15) is 0 Å². The van der Waals surface area contributed by atoms with Gasteiger partial charge in [0.2, 0.25) is 11.8 Å². The summed E-state index contributed by atoms with van der Waals surface area (Å²) in [6.45, 7) is 22.9. The van der Waals surface area contributed by atoms with Gasteiger partial charge in [-0.05, 0) is 19.3 Å². The summed E-state index contributed by atoms with van der Waals surface area (Å²) in [4.78, 5) is 41.0. The van der Waals surface area contributed by atoms with Crippen LogP contribution in [0.5, 0.6) is 0 Å². The van der Waals surface area contributed by atoms with Gasteiger partial charge in [0.05, 0.1) is 6.54 Å². The largest absolute Gasteiger partial charge is 0.481 e. The SMILES string of the molecule is [CH2-]CN(C[CH2-])CCN(CCN(C[CH2-])C[CH2-])CC(=O)NCCCCCC(=O)NCCCC(=O)O.[Gd]. The van der Waals surface area contributed by atoms with E-state index in [0.29, 0.717) is 58.7 Å². The fourth-order valence-corrected chi connectivity index (χ4v) is 3.14. The smallest absolute Gasteiger partial charge is 0.303 e. The van der Waals surface area contributed by atoms with Crippen molar-refractivity contribution < 1.29 is 59.4 Å². The topological polar surface area (TPSA) is 105 Å². The zero-order valence-electron chi connectivity index (χ0n) is 20.7. The number of carbonyl (C=O) groups excluding carboxylic acids is 2. The van der Waals surface area contributed by atoms with Gasteiger partial charge >= 0.3 is 5.97 Å². The van der Waals surface area contributed by atoms with Crippen molar-refractivity contribution in [1.82, 2.24) is 25.3 Å². The Kier molecular flexibility index (Phi) is 25.6. The summed E-state index contributed by atoms with van der Waals surface area (Å²) in [6.07, 6.45) is 3.31. The molecular formula is C24H45GdN5O4-4. The van der Waals surface area contributed by atoms with E-state index in [1.54, 1.807) is 0 Å². The van der Waals surface area contributed by atoms with Crippen LogP contribution < -0.4 is 10.6 Å². The Morgan fingerprint density at radius 2 is 1.09 bits per heavy atom. The molecule has 0 atom stereocenters. The van der Waals surface area contributed by atoms with Gasteiger partial charge in [0.1, 0.15) is 0 Å². The molecule has 0 aromatic carbocycles. The zero-order chi connectivity index (χ0) is 24.9. The summed E-state index contributed by atoms with van der Waals surface area (Å²) in [5.74, 6) is -0.915. The summed E-state index contributed by atoms with van der Waals surface area (Å²) < 4.78 is 0. The molecule has 2 amide bonds. The van der Waals surface area contributed by atoms with Crippen LogP contribution in [0.15, 0.2) is 0 Å². The van der Waals surface area contributed by atoms with Crippen molar-refractivity contribution in [1.29, 1.82) is 0 Å². The fraction of sp³-hybridized carbons (Fsp3) is 0.708. The standard InChI is InChI=1S/C24H45N5O4.Gd/c1-5-27(6-2)17-19-29(20-18-28(7-3)8-4)21-23(31)26-15-11-9-10-13-22(30)25-16-12-14-24(32)33;/h1-21H2,(H,25,30)(H,26,31)(H,32,33);/q-4;. The molecule has 0 spiro atoms. The minimum Gasteiger partial charge on any atom is -0.481 e. The monoisotopic (exact) mass is 625 g/mol. The zero-order valence-corrected chi connectivity index (χ0v) is 23.0. The molecule has 0 heterocycles. The maximum atomic E-state index is 12.4. The van der Waals surface area contributed by atoms with Crippen molar-refractivity contribution in [2.45, 2.75) is 38.5 Å². The van der Waals surface area contributed by atoms with E-state index in [9.17, 15) is 14.4 Å². The first-order valence-electron chi connectivity index (χ1n) is 11.9. The summed E-state index contributed by atoms with van der Waals surface area (Å²) in [6, 6.07) is 0. The first kappa shape index (κ1) is 35.8. The number of hydrogen-bond acceptors (Lipinski definition) is 6. The molecular weight excluding hydrogens is 580 g/mol. The second kappa shape index (κ2) is 24.3. The van der Waals surface area contributed by atoms with E-state index in [-0.39, 0.29) is 58.2 Å². The van der Waals surface area contributed by atoms with E-state index in [1.807, 2.05) is 0 Å². The van der Waals surface area contributed by atoms with E-state index < -0.39 is 5.97 Å². The van der Waals surface area contributed by atoms with Crippen LogP contribution in [-0.2, 0) is 14.4 Å². The van der Waals surface area contributed by atoms with E-state index in [0.717, 1.165) is 45.4 Å². The number of hydrogen-bond donors (Lipinski definition) is 3. The number of rotatable bonds is 22. The van der Waals surface area contributed by atoms with Gasteiger partial charge in [-0.25, -0.2) is 0 Å². The van der Waals surface area contributed by atoms with Gasteiger partial charge in [-0.15, -0.1) is 26.2 Å². The number of unbranched alkanes of at least 4 members (excludes halogenated alkanes) is 2. The van der Waals surface area contributed by atoms with Gasteiger partial charge in [-0.1, -0.05) is 6.42 Å². The van der Waals surface area contributed by atoms with E-state index in [2.05, 4.69) is 53.0 Å². The van der Waals surface area contributed by atoms with Crippen LogP contribution in [0, 0.1) is 67.6 Å². The molecule has 0 fully saturated rings. The van der Waals surface area contributed by atoms with E-state index in [4.69, 9.17) is 5.11 Å². The number of carboxylic acid groups (broad SMARTS) is 1. The summed E-state index contributed by atoms with van der Waals surface area (Å²) in [5.41, 5.74) is 0. The third-order valence-corrected chi connectivity index (χ3v) is 5.39. The second-order valence-corrected chi connectivity index (χ2v) is 7.97. The Balaban J connectivity index is 0. The van der Waals surface area contributed by atoms with Crippen LogP contribution in [0.1, 0.15) is 38.5 Å². The summed E-state index contributed by atoms with van der Waals surface area (Å²) in [7, 11) is 0. The van der Waals surface area contributed by atoms with Crippen LogP contribution in [0.25, 0.3) is 0 Å². The van der Waals surface area contributed by atoms with Crippen LogP contribution in [0.4, 0.5) is 0 Å². The van der Waals surface area contributed by atoms with Gasteiger partial charge in [0.25, 0.3) is 0 Å². The average molecular weight is 625 g/mol. The Bertz CT molecular complexity index is 515. The van der Waals surface area contributed by atoms with Crippen molar-refractivity contribution in [3.8, 4) is 0 Å². The molecule has 3 N–H and O–H groups in total. The number of nitrogens with zero attached hydrogens (tertiary/aromatic N) is 3. The van der Waals surface area contributed by atoms with Crippen LogP contribution in [-0.4, -0.2) is 110 Å². The quantitative estimate of drug-likeness (QED) is 0.121. The summed E-state index contributed by atoms with van der Waals surface area (Å²) in [5, 5.41) is 14.3. The van der Waals surface area contributed by atoms with Crippen molar-refractivity contribution in [2.75, 3.05) is 72.0 Å². The van der Waals surface area contributed by atoms with Crippen LogP contribution in [0.2, 0.25) is 0 Å². The third kappa shape index (κ3) is 20.9. The van der Waals surface area contributed by atoms with Crippen LogP contribution >= 0.6 is 0 Å². The molecule has 0 saturated carbocycles. The Morgan fingerprint density at radius 1 is 0.618 bits per heavy atom. The Morgan fingerprint density at radius 3 is 1.59 bits per heavy atom.